The van der Waals surface area contributed by atoms with E-state index in [1.807, 2.05) is 7.05 Å². The smallest absolute Gasteiger partial charge is 0.319 e. The molecule has 20 heavy (non-hydrogen) atoms. The summed E-state index contributed by atoms with van der Waals surface area (Å²) in [6.45, 7) is 2.10. The van der Waals surface area contributed by atoms with Crippen molar-refractivity contribution in [3.63, 3.8) is 0 Å². The SMILES string of the molecule is CCCCC(Sc1ncnc2c1cnn2C)C(=O)OC. The first-order valence-electron chi connectivity index (χ1n) is 6.54. The van der Waals surface area contributed by atoms with E-state index in [4.69, 9.17) is 4.74 Å². The maximum atomic E-state index is 11.9. The lowest BCUT2D eigenvalue weighted by molar-refractivity contribution is -0.140. The third-order valence-corrected chi connectivity index (χ3v) is 4.29. The largest absolute Gasteiger partial charge is 0.468 e. The summed E-state index contributed by atoms with van der Waals surface area (Å²) in [7, 11) is 3.25. The van der Waals surface area contributed by atoms with Crippen LogP contribution in [0.15, 0.2) is 17.6 Å². The van der Waals surface area contributed by atoms with Crippen LogP contribution in [0.5, 0.6) is 0 Å². The van der Waals surface area contributed by atoms with Gasteiger partial charge in [0.05, 0.1) is 18.7 Å². The molecule has 0 bridgehead atoms. The average molecular weight is 294 g/mol. The number of unbranched alkanes of at least 4 members (excludes halogenated alkanes) is 1. The van der Waals surface area contributed by atoms with Crippen molar-refractivity contribution in [3.05, 3.63) is 12.5 Å². The van der Waals surface area contributed by atoms with Crippen LogP contribution in [-0.4, -0.2) is 38.1 Å². The first-order valence-corrected chi connectivity index (χ1v) is 7.42. The van der Waals surface area contributed by atoms with Gasteiger partial charge in [-0.3, -0.25) is 9.48 Å². The van der Waals surface area contributed by atoms with Crippen molar-refractivity contribution in [2.45, 2.75) is 36.5 Å². The number of aryl methyl sites for hydroxylation is 1. The molecule has 0 amide bonds. The molecule has 6 nitrogen and oxygen atoms in total. The lowest BCUT2D eigenvalue weighted by Gasteiger charge is -2.13. The Morgan fingerprint density at radius 2 is 2.30 bits per heavy atom. The van der Waals surface area contributed by atoms with Crippen LogP contribution in [0.25, 0.3) is 11.0 Å². The van der Waals surface area contributed by atoms with E-state index in [0.29, 0.717) is 0 Å². The van der Waals surface area contributed by atoms with E-state index in [1.165, 1.54) is 25.2 Å². The highest BCUT2D eigenvalue weighted by Crippen LogP contribution is 2.30. The second-order valence-electron chi connectivity index (χ2n) is 4.46. The molecule has 2 aromatic heterocycles. The number of carbonyl (C=O) groups is 1. The zero-order valence-corrected chi connectivity index (χ0v) is 12.7. The molecule has 0 saturated carbocycles. The Bertz CT molecular complexity index is 599. The lowest BCUT2D eigenvalue weighted by atomic mass is 10.2. The minimum atomic E-state index is -0.238. The van der Waals surface area contributed by atoms with Gasteiger partial charge in [-0.25, -0.2) is 9.97 Å². The van der Waals surface area contributed by atoms with Gasteiger partial charge in [-0.05, 0) is 6.42 Å². The Morgan fingerprint density at radius 3 is 3.00 bits per heavy atom. The van der Waals surface area contributed by atoms with Gasteiger partial charge in [0.15, 0.2) is 5.65 Å². The van der Waals surface area contributed by atoms with E-state index in [1.54, 1.807) is 10.9 Å². The molecule has 0 spiro atoms. The zero-order chi connectivity index (χ0) is 14.5. The maximum absolute atomic E-state index is 11.9. The average Bonchev–Trinajstić information content (AvgIpc) is 2.85. The first-order chi connectivity index (χ1) is 9.67. The van der Waals surface area contributed by atoms with Gasteiger partial charge in [-0.15, -0.1) is 0 Å². The van der Waals surface area contributed by atoms with Crippen LogP contribution < -0.4 is 0 Å². The van der Waals surface area contributed by atoms with Crippen LogP contribution in [-0.2, 0) is 16.6 Å². The molecule has 1 atom stereocenters. The second-order valence-corrected chi connectivity index (χ2v) is 5.65. The summed E-state index contributed by atoms with van der Waals surface area (Å²) in [5.41, 5.74) is 0.765. The molecular weight excluding hydrogens is 276 g/mol. The summed E-state index contributed by atoms with van der Waals surface area (Å²) in [5.74, 6) is -0.209. The topological polar surface area (TPSA) is 69.9 Å². The predicted molar refractivity (Wildman–Crippen MR) is 77.5 cm³/mol. The van der Waals surface area contributed by atoms with Gasteiger partial charge in [0, 0.05) is 7.05 Å². The number of esters is 1. The van der Waals surface area contributed by atoms with Crippen LogP contribution in [0.1, 0.15) is 26.2 Å². The highest BCUT2D eigenvalue weighted by molar-refractivity contribution is 8.00. The highest BCUT2D eigenvalue weighted by Gasteiger charge is 2.22. The van der Waals surface area contributed by atoms with Crippen LogP contribution in [0.3, 0.4) is 0 Å². The van der Waals surface area contributed by atoms with E-state index >= 15 is 0 Å². The molecule has 7 heteroatoms. The minimum absolute atomic E-state index is 0.209. The number of ether oxygens (including phenoxy) is 1. The molecule has 0 aliphatic heterocycles. The van der Waals surface area contributed by atoms with Crippen molar-refractivity contribution < 1.29 is 9.53 Å². The van der Waals surface area contributed by atoms with Gasteiger partial charge in [0.25, 0.3) is 0 Å². The van der Waals surface area contributed by atoms with Crippen molar-refractivity contribution in [3.8, 4) is 0 Å². The van der Waals surface area contributed by atoms with Crippen molar-refractivity contribution >= 4 is 28.8 Å². The Morgan fingerprint density at radius 1 is 1.50 bits per heavy atom. The van der Waals surface area contributed by atoms with Gasteiger partial charge in [0.2, 0.25) is 0 Å². The molecular formula is C13H18N4O2S. The lowest BCUT2D eigenvalue weighted by Crippen LogP contribution is -2.19. The number of thioether (sulfide) groups is 1. The second kappa shape index (κ2) is 6.69. The van der Waals surface area contributed by atoms with Crippen molar-refractivity contribution in [2.75, 3.05) is 7.11 Å². The standard InChI is InChI=1S/C13H18N4O2S/c1-4-5-6-10(13(18)19-3)20-12-9-7-16-17(2)11(9)14-8-15-12/h7-8,10H,4-6H2,1-3H3. The summed E-state index contributed by atoms with van der Waals surface area (Å²) >= 11 is 1.43. The third kappa shape index (κ3) is 3.09. The number of hydrogen-bond acceptors (Lipinski definition) is 6. The fourth-order valence-corrected chi connectivity index (χ4v) is 3.04. The third-order valence-electron chi connectivity index (χ3n) is 3.03. The van der Waals surface area contributed by atoms with E-state index in [0.717, 1.165) is 35.3 Å². The monoisotopic (exact) mass is 294 g/mol. The molecule has 108 valence electrons. The summed E-state index contributed by atoms with van der Waals surface area (Å²) in [5, 5.41) is 5.58. The summed E-state index contributed by atoms with van der Waals surface area (Å²) in [6.07, 6.45) is 6.03. The molecule has 0 radical (unpaired) electrons. The van der Waals surface area contributed by atoms with Crippen molar-refractivity contribution in [1.82, 2.24) is 19.7 Å². The van der Waals surface area contributed by atoms with Gasteiger partial charge in [-0.1, -0.05) is 31.5 Å². The van der Waals surface area contributed by atoms with E-state index in [-0.39, 0.29) is 11.2 Å². The molecule has 0 aliphatic rings. The Labute approximate surface area is 121 Å². The van der Waals surface area contributed by atoms with Crippen LogP contribution in [0, 0.1) is 0 Å². The van der Waals surface area contributed by atoms with Crippen molar-refractivity contribution in [1.29, 1.82) is 0 Å². The molecule has 0 aliphatic carbocycles. The van der Waals surface area contributed by atoms with E-state index in [9.17, 15) is 4.79 Å². The molecule has 0 fully saturated rings. The highest BCUT2D eigenvalue weighted by atomic mass is 32.2. The van der Waals surface area contributed by atoms with E-state index < -0.39 is 0 Å². The minimum Gasteiger partial charge on any atom is -0.468 e. The Kier molecular flexibility index (Phi) is 4.94. The fourth-order valence-electron chi connectivity index (χ4n) is 1.92. The van der Waals surface area contributed by atoms with Crippen LogP contribution in [0.4, 0.5) is 0 Å². The van der Waals surface area contributed by atoms with Crippen LogP contribution in [0.2, 0.25) is 0 Å². The molecule has 0 saturated heterocycles. The normalized spacial score (nSPS) is 12.6. The number of aromatic nitrogens is 4. The van der Waals surface area contributed by atoms with Crippen LogP contribution >= 0.6 is 11.8 Å². The molecule has 2 aromatic rings. The predicted octanol–water partition coefficient (Wildman–Crippen LogP) is 2.19. The number of methoxy groups -OCH3 is 1. The molecule has 2 heterocycles. The van der Waals surface area contributed by atoms with Crippen molar-refractivity contribution in [2.24, 2.45) is 7.05 Å². The number of hydrogen-bond donors (Lipinski definition) is 0. The van der Waals surface area contributed by atoms with Gasteiger partial charge >= 0.3 is 5.97 Å². The quantitative estimate of drug-likeness (QED) is 0.462. The maximum Gasteiger partial charge on any atom is 0.319 e. The van der Waals surface area contributed by atoms with Gasteiger partial charge < -0.3 is 4.74 Å². The van der Waals surface area contributed by atoms with Gasteiger partial charge in [0.1, 0.15) is 16.6 Å². The molecule has 0 N–H and O–H groups in total. The molecule has 1 unspecified atom stereocenters. The number of rotatable bonds is 6. The number of carbonyl (C=O) groups excluding carboxylic acids is 1. The first kappa shape index (κ1) is 14.8. The number of fused-ring (bicyclic) bond motifs is 1. The van der Waals surface area contributed by atoms with E-state index in [2.05, 4.69) is 22.0 Å². The summed E-state index contributed by atoms with van der Waals surface area (Å²) in [4.78, 5) is 20.3. The summed E-state index contributed by atoms with van der Waals surface area (Å²) < 4.78 is 6.57. The Balaban J connectivity index is 2.25. The Hall–Kier alpha value is -1.63. The zero-order valence-electron chi connectivity index (χ0n) is 11.9. The fraction of sp³-hybridized carbons (Fsp3) is 0.538. The summed E-state index contributed by atoms with van der Waals surface area (Å²) in [6, 6.07) is 0. The molecule has 0 aromatic carbocycles. The number of nitrogens with zero attached hydrogens (tertiary/aromatic N) is 4. The van der Waals surface area contributed by atoms with Gasteiger partial charge in [-0.2, -0.15) is 5.10 Å². The molecule has 2 rings (SSSR count).